The first kappa shape index (κ1) is 13.0. The summed E-state index contributed by atoms with van der Waals surface area (Å²) in [5, 5.41) is 8.24. The maximum atomic E-state index is 10.9. The summed E-state index contributed by atoms with van der Waals surface area (Å²) < 4.78 is 5.01. The van der Waals surface area contributed by atoms with E-state index in [1.807, 2.05) is 6.92 Å². The molecule has 0 aliphatic heterocycles. The third-order valence-electron chi connectivity index (χ3n) is 2.02. The molecule has 0 saturated carbocycles. The quantitative estimate of drug-likeness (QED) is 0.466. The standard InChI is InChI=1S/C11H19NO2/c1-3-4-5-6-7-10(2)14-11(13)8-9-12/h10H,3-8H2,1-2H3. The topological polar surface area (TPSA) is 50.1 Å². The molecule has 1 atom stereocenters. The molecule has 3 heteroatoms. The molecule has 0 heterocycles. The molecule has 0 fully saturated rings. The Morgan fingerprint density at radius 2 is 2.14 bits per heavy atom. The monoisotopic (exact) mass is 197 g/mol. The van der Waals surface area contributed by atoms with Gasteiger partial charge in [-0.15, -0.1) is 0 Å². The van der Waals surface area contributed by atoms with Crippen LogP contribution in [0.15, 0.2) is 0 Å². The van der Waals surface area contributed by atoms with Crippen molar-refractivity contribution in [3.63, 3.8) is 0 Å². The Bertz CT molecular complexity index is 196. The minimum atomic E-state index is -0.407. The summed E-state index contributed by atoms with van der Waals surface area (Å²) in [6, 6.07) is 1.77. The van der Waals surface area contributed by atoms with Crippen LogP contribution in [0.5, 0.6) is 0 Å². The van der Waals surface area contributed by atoms with Crippen molar-refractivity contribution >= 4 is 5.97 Å². The van der Waals surface area contributed by atoms with Crippen LogP contribution in [-0.2, 0) is 9.53 Å². The van der Waals surface area contributed by atoms with Gasteiger partial charge in [0.05, 0.1) is 12.2 Å². The minimum Gasteiger partial charge on any atom is -0.462 e. The Kier molecular flexibility index (Phi) is 7.92. The van der Waals surface area contributed by atoms with E-state index in [2.05, 4.69) is 6.92 Å². The number of nitrogens with zero attached hydrogens (tertiary/aromatic N) is 1. The second-order valence-electron chi connectivity index (χ2n) is 3.48. The Morgan fingerprint density at radius 3 is 2.71 bits per heavy atom. The maximum absolute atomic E-state index is 10.9. The van der Waals surface area contributed by atoms with Gasteiger partial charge < -0.3 is 4.74 Å². The van der Waals surface area contributed by atoms with Crippen LogP contribution in [0.25, 0.3) is 0 Å². The highest BCUT2D eigenvalue weighted by Crippen LogP contribution is 2.08. The van der Waals surface area contributed by atoms with Gasteiger partial charge in [-0.05, 0) is 19.8 Å². The summed E-state index contributed by atoms with van der Waals surface area (Å²) in [5.74, 6) is -0.407. The van der Waals surface area contributed by atoms with Crippen LogP contribution in [0.2, 0.25) is 0 Å². The largest absolute Gasteiger partial charge is 0.462 e. The molecule has 0 amide bonds. The molecular formula is C11H19NO2. The zero-order valence-corrected chi connectivity index (χ0v) is 9.08. The summed E-state index contributed by atoms with van der Waals surface area (Å²) >= 11 is 0. The van der Waals surface area contributed by atoms with Gasteiger partial charge in [0.1, 0.15) is 6.42 Å². The SMILES string of the molecule is CCCCCCC(C)OC(=O)CC#N. The molecule has 80 valence electrons. The molecule has 0 bridgehead atoms. The third kappa shape index (κ3) is 7.60. The summed E-state index contributed by atoms with van der Waals surface area (Å²) in [4.78, 5) is 10.9. The molecule has 1 unspecified atom stereocenters. The van der Waals surface area contributed by atoms with Crippen molar-refractivity contribution in [3.05, 3.63) is 0 Å². The molecule has 0 aromatic carbocycles. The fourth-order valence-electron chi connectivity index (χ4n) is 1.25. The normalized spacial score (nSPS) is 11.8. The summed E-state index contributed by atoms with van der Waals surface area (Å²) in [7, 11) is 0. The molecule has 0 N–H and O–H groups in total. The Balaban J connectivity index is 3.41. The fraction of sp³-hybridized carbons (Fsp3) is 0.818. The van der Waals surface area contributed by atoms with Crippen molar-refractivity contribution < 1.29 is 9.53 Å². The zero-order chi connectivity index (χ0) is 10.8. The van der Waals surface area contributed by atoms with Gasteiger partial charge in [-0.25, -0.2) is 0 Å². The number of unbranched alkanes of at least 4 members (excludes halogenated alkanes) is 3. The van der Waals surface area contributed by atoms with Crippen LogP contribution in [0.4, 0.5) is 0 Å². The van der Waals surface area contributed by atoms with E-state index in [0.717, 1.165) is 12.8 Å². The van der Waals surface area contributed by atoms with Gasteiger partial charge in [0.15, 0.2) is 0 Å². The van der Waals surface area contributed by atoms with E-state index in [-0.39, 0.29) is 12.5 Å². The van der Waals surface area contributed by atoms with Gasteiger partial charge in [-0.1, -0.05) is 26.2 Å². The van der Waals surface area contributed by atoms with E-state index >= 15 is 0 Å². The fourth-order valence-corrected chi connectivity index (χ4v) is 1.25. The predicted molar refractivity (Wildman–Crippen MR) is 54.5 cm³/mol. The molecule has 0 aliphatic carbocycles. The van der Waals surface area contributed by atoms with Crippen LogP contribution in [0, 0.1) is 11.3 Å². The predicted octanol–water partition coefficient (Wildman–Crippen LogP) is 2.80. The van der Waals surface area contributed by atoms with Crippen LogP contribution in [0.3, 0.4) is 0 Å². The van der Waals surface area contributed by atoms with Crippen molar-refractivity contribution in [2.24, 2.45) is 0 Å². The van der Waals surface area contributed by atoms with Gasteiger partial charge in [0, 0.05) is 0 Å². The molecule has 0 aromatic rings. The minimum absolute atomic E-state index is 0.0484. The van der Waals surface area contributed by atoms with Crippen LogP contribution in [-0.4, -0.2) is 12.1 Å². The van der Waals surface area contributed by atoms with Crippen molar-refractivity contribution in [3.8, 4) is 6.07 Å². The Labute approximate surface area is 86.1 Å². The van der Waals surface area contributed by atoms with Crippen molar-refractivity contribution in [2.75, 3.05) is 0 Å². The second kappa shape index (κ2) is 8.55. The van der Waals surface area contributed by atoms with Crippen molar-refractivity contribution in [1.82, 2.24) is 0 Å². The molecule has 0 radical (unpaired) electrons. The van der Waals surface area contributed by atoms with Crippen molar-refractivity contribution in [2.45, 2.75) is 58.5 Å². The smallest absolute Gasteiger partial charge is 0.320 e. The van der Waals surface area contributed by atoms with Gasteiger partial charge in [0.2, 0.25) is 0 Å². The first-order valence-electron chi connectivity index (χ1n) is 5.27. The number of nitriles is 1. The van der Waals surface area contributed by atoms with Crippen LogP contribution in [0.1, 0.15) is 52.4 Å². The lowest BCUT2D eigenvalue weighted by Crippen LogP contribution is -2.14. The average Bonchev–Trinajstić information content (AvgIpc) is 2.13. The molecule has 0 spiro atoms. The summed E-state index contributed by atoms with van der Waals surface area (Å²) in [6.07, 6.45) is 5.44. The van der Waals surface area contributed by atoms with Gasteiger partial charge >= 0.3 is 5.97 Å². The van der Waals surface area contributed by atoms with Crippen molar-refractivity contribution in [1.29, 1.82) is 5.26 Å². The Hall–Kier alpha value is -1.04. The Morgan fingerprint density at radius 1 is 1.43 bits per heavy atom. The highest BCUT2D eigenvalue weighted by molar-refractivity contribution is 5.71. The van der Waals surface area contributed by atoms with E-state index in [1.54, 1.807) is 6.07 Å². The number of hydrogen-bond acceptors (Lipinski definition) is 3. The molecule has 0 saturated heterocycles. The highest BCUT2D eigenvalue weighted by Gasteiger charge is 2.07. The molecule has 0 aromatic heterocycles. The highest BCUT2D eigenvalue weighted by atomic mass is 16.5. The number of hydrogen-bond donors (Lipinski definition) is 0. The molecule has 14 heavy (non-hydrogen) atoms. The van der Waals surface area contributed by atoms with E-state index in [9.17, 15) is 4.79 Å². The first-order chi connectivity index (χ1) is 6.70. The number of esters is 1. The molecular weight excluding hydrogens is 178 g/mol. The lowest BCUT2D eigenvalue weighted by molar-refractivity contribution is -0.147. The summed E-state index contributed by atoms with van der Waals surface area (Å²) in [6.45, 7) is 4.04. The van der Waals surface area contributed by atoms with E-state index in [1.165, 1.54) is 19.3 Å². The van der Waals surface area contributed by atoms with Crippen LogP contribution >= 0.6 is 0 Å². The molecule has 3 nitrogen and oxygen atoms in total. The average molecular weight is 197 g/mol. The zero-order valence-electron chi connectivity index (χ0n) is 9.08. The van der Waals surface area contributed by atoms with E-state index < -0.39 is 5.97 Å². The van der Waals surface area contributed by atoms with E-state index in [0.29, 0.717) is 0 Å². The lowest BCUT2D eigenvalue weighted by Gasteiger charge is -2.11. The third-order valence-corrected chi connectivity index (χ3v) is 2.02. The number of rotatable bonds is 7. The molecule has 0 aliphatic rings. The second-order valence-corrected chi connectivity index (χ2v) is 3.48. The van der Waals surface area contributed by atoms with E-state index in [4.69, 9.17) is 10.00 Å². The lowest BCUT2D eigenvalue weighted by atomic mass is 10.1. The number of carbonyl (C=O) groups excluding carboxylic acids is 1. The molecule has 0 rings (SSSR count). The number of carbonyl (C=O) groups is 1. The van der Waals surface area contributed by atoms with Gasteiger partial charge in [-0.3, -0.25) is 4.79 Å². The van der Waals surface area contributed by atoms with Crippen LogP contribution < -0.4 is 0 Å². The van der Waals surface area contributed by atoms with Gasteiger partial charge in [-0.2, -0.15) is 5.26 Å². The first-order valence-corrected chi connectivity index (χ1v) is 5.27. The van der Waals surface area contributed by atoms with Gasteiger partial charge in [0.25, 0.3) is 0 Å². The number of ether oxygens (including phenoxy) is 1. The summed E-state index contributed by atoms with van der Waals surface area (Å²) in [5.41, 5.74) is 0. The maximum Gasteiger partial charge on any atom is 0.320 e.